The molecule has 0 bridgehead atoms. The third kappa shape index (κ3) is 2.75. The van der Waals surface area contributed by atoms with E-state index in [1.807, 2.05) is 5.38 Å². The van der Waals surface area contributed by atoms with Gasteiger partial charge in [-0.3, -0.25) is 10.1 Å². The van der Waals surface area contributed by atoms with Crippen LogP contribution in [0.2, 0.25) is 0 Å². The summed E-state index contributed by atoms with van der Waals surface area (Å²) in [7, 11) is 1.52. The van der Waals surface area contributed by atoms with Crippen LogP contribution in [0.4, 0.5) is 11.4 Å². The van der Waals surface area contributed by atoms with Gasteiger partial charge >= 0.3 is 0 Å². The van der Waals surface area contributed by atoms with E-state index < -0.39 is 4.92 Å². The number of rotatable bonds is 5. The summed E-state index contributed by atoms with van der Waals surface area (Å²) in [5.74, 6) is 0.566. The number of methoxy groups -OCH3 is 1. The van der Waals surface area contributed by atoms with Crippen LogP contribution in [0, 0.1) is 10.1 Å². The third-order valence-electron chi connectivity index (χ3n) is 2.34. The molecular formula is C11H11N3O3S. The van der Waals surface area contributed by atoms with Gasteiger partial charge in [0.1, 0.15) is 5.75 Å². The monoisotopic (exact) mass is 265 g/mol. The Labute approximate surface area is 107 Å². The Morgan fingerprint density at radius 1 is 1.56 bits per heavy atom. The first-order chi connectivity index (χ1) is 8.70. The van der Waals surface area contributed by atoms with Gasteiger partial charge in [-0.25, -0.2) is 4.98 Å². The molecule has 0 aliphatic carbocycles. The molecule has 0 aliphatic rings. The second-order valence-corrected chi connectivity index (χ2v) is 4.19. The molecule has 0 saturated carbocycles. The minimum absolute atomic E-state index is 0.0246. The first-order valence-corrected chi connectivity index (χ1v) is 6.08. The fraction of sp³-hybridized carbons (Fsp3) is 0.182. The van der Waals surface area contributed by atoms with E-state index in [4.69, 9.17) is 4.74 Å². The van der Waals surface area contributed by atoms with Gasteiger partial charge in [0.2, 0.25) is 0 Å². The number of aromatic nitrogens is 1. The second kappa shape index (κ2) is 5.46. The van der Waals surface area contributed by atoms with Crippen molar-refractivity contribution in [3.8, 4) is 5.75 Å². The van der Waals surface area contributed by atoms with Gasteiger partial charge in [-0.05, 0) is 6.07 Å². The summed E-state index contributed by atoms with van der Waals surface area (Å²) in [5.41, 5.74) is 3.23. The summed E-state index contributed by atoms with van der Waals surface area (Å²) in [6.45, 7) is 0.501. The highest BCUT2D eigenvalue weighted by Crippen LogP contribution is 2.29. The fourth-order valence-corrected chi connectivity index (χ4v) is 2.02. The molecule has 0 atom stereocenters. The zero-order chi connectivity index (χ0) is 13.0. The molecule has 6 nitrogen and oxygen atoms in total. The minimum atomic E-state index is -0.437. The molecule has 18 heavy (non-hydrogen) atoms. The molecule has 1 aromatic carbocycles. The largest absolute Gasteiger partial charge is 0.495 e. The molecule has 0 radical (unpaired) electrons. The predicted molar refractivity (Wildman–Crippen MR) is 69.1 cm³/mol. The molecule has 0 amide bonds. The molecule has 7 heteroatoms. The van der Waals surface area contributed by atoms with Crippen LogP contribution in [0.5, 0.6) is 5.75 Å². The van der Waals surface area contributed by atoms with Gasteiger partial charge < -0.3 is 10.1 Å². The van der Waals surface area contributed by atoms with E-state index in [1.165, 1.54) is 30.6 Å². The molecule has 0 aliphatic heterocycles. The molecule has 0 fully saturated rings. The van der Waals surface area contributed by atoms with Gasteiger partial charge in [0.15, 0.2) is 0 Å². The topological polar surface area (TPSA) is 77.3 Å². The first-order valence-electron chi connectivity index (χ1n) is 5.14. The van der Waals surface area contributed by atoms with E-state index in [9.17, 15) is 10.1 Å². The van der Waals surface area contributed by atoms with Crippen LogP contribution in [-0.2, 0) is 6.54 Å². The smallest absolute Gasteiger partial charge is 0.271 e. The van der Waals surface area contributed by atoms with Gasteiger partial charge in [-0.2, -0.15) is 0 Å². The van der Waals surface area contributed by atoms with Crippen molar-refractivity contribution in [2.45, 2.75) is 6.54 Å². The molecule has 0 saturated heterocycles. The van der Waals surface area contributed by atoms with Gasteiger partial charge in [0.05, 0.1) is 35.5 Å². The highest BCUT2D eigenvalue weighted by atomic mass is 32.1. The van der Waals surface area contributed by atoms with Gasteiger partial charge in [-0.1, -0.05) is 0 Å². The number of nitro groups is 1. The second-order valence-electron chi connectivity index (χ2n) is 3.48. The van der Waals surface area contributed by atoms with Crippen LogP contribution in [0.15, 0.2) is 29.1 Å². The average molecular weight is 265 g/mol. The highest BCUT2D eigenvalue weighted by Gasteiger charge is 2.11. The fourth-order valence-electron chi connectivity index (χ4n) is 1.46. The maximum Gasteiger partial charge on any atom is 0.271 e. The number of anilines is 1. The number of hydrogen-bond acceptors (Lipinski definition) is 6. The molecule has 0 spiro atoms. The van der Waals surface area contributed by atoms with Crippen molar-refractivity contribution in [2.24, 2.45) is 0 Å². The summed E-state index contributed by atoms with van der Waals surface area (Å²) in [4.78, 5) is 14.4. The first kappa shape index (κ1) is 12.3. The van der Waals surface area contributed by atoms with Crippen molar-refractivity contribution in [3.05, 3.63) is 44.9 Å². The quantitative estimate of drug-likeness (QED) is 0.664. The maximum absolute atomic E-state index is 10.7. The van der Waals surface area contributed by atoms with Crippen LogP contribution >= 0.6 is 11.3 Å². The molecule has 1 N–H and O–H groups in total. The number of non-ortho nitro benzene ring substituents is 1. The maximum atomic E-state index is 10.7. The van der Waals surface area contributed by atoms with Crippen LogP contribution in [0.1, 0.15) is 5.69 Å². The van der Waals surface area contributed by atoms with E-state index in [1.54, 1.807) is 11.6 Å². The van der Waals surface area contributed by atoms with Crippen LogP contribution in [0.25, 0.3) is 0 Å². The van der Waals surface area contributed by atoms with Crippen LogP contribution < -0.4 is 10.1 Å². The number of benzene rings is 1. The number of thiazole rings is 1. The number of hydrogen-bond donors (Lipinski definition) is 1. The average Bonchev–Trinajstić information content (AvgIpc) is 2.89. The molecule has 0 unspecified atom stereocenters. The van der Waals surface area contributed by atoms with Crippen LogP contribution in [0.3, 0.4) is 0 Å². The summed E-state index contributed by atoms with van der Waals surface area (Å²) in [6, 6.07) is 4.43. The number of ether oxygens (including phenoxy) is 1. The number of nitrogens with one attached hydrogen (secondary N) is 1. The summed E-state index contributed by atoms with van der Waals surface area (Å²) >= 11 is 1.50. The Balaban J connectivity index is 2.18. The zero-order valence-electron chi connectivity index (χ0n) is 9.62. The summed E-state index contributed by atoms with van der Waals surface area (Å²) < 4.78 is 5.15. The van der Waals surface area contributed by atoms with Crippen molar-refractivity contribution >= 4 is 22.7 Å². The molecule has 94 valence electrons. The lowest BCUT2D eigenvalue weighted by molar-refractivity contribution is -0.384. The molecule has 1 heterocycles. The SMILES string of the molecule is COc1ccc([N+](=O)[O-])cc1NCc1cscn1. The summed E-state index contributed by atoms with van der Waals surface area (Å²) in [5, 5.41) is 15.7. The Kier molecular flexibility index (Phi) is 3.73. The van der Waals surface area contributed by atoms with Crippen LogP contribution in [-0.4, -0.2) is 17.0 Å². The molecule has 2 rings (SSSR count). The van der Waals surface area contributed by atoms with Crippen molar-refractivity contribution in [2.75, 3.05) is 12.4 Å². The standard InChI is InChI=1S/C11H11N3O3S/c1-17-11-3-2-9(14(15)16)4-10(11)12-5-8-6-18-7-13-8/h2-4,6-7,12H,5H2,1H3. The van der Waals surface area contributed by atoms with Crippen molar-refractivity contribution in [1.29, 1.82) is 0 Å². The van der Waals surface area contributed by atoms with Crippen molar-refractivity contribution in [3.63, 3.8) is 0 Å². The van der Waals surface area contributed by atoms with E-state index >= 15 is 0 Å². The predicted octanol–water partition coefficient (Wildman–Crippen LogP) is 2.67. The highest BCUT2D eigenvalue weighted by molar-refractivity contribution is 7.07. The van der Waals surface area contributed by atoms with E-state index in [0.29, 0.717) is 18.0 Å². The van der Waals surface area contributed by atoms with E-state index in [-0.39, 0.29) is 5.69 Å². The number of nitro benzene ring substituents is 1. The zero-order valence-corrected chi connectivity index (χ0v) is 10.4. The lowest BCUT2D eigenvalue weighted by Crippen LogP contribution is -2.02. The lowest BCUT2D eigenvalue weighted by atomic mass is 10.2. The third-order valence-corrected chi connectivity index (χ3v) is 2.97. The normalized spacial score (nSPS) is 10.1. The molecular weight excluding hydrogens is 254 g/mol. The van der Waals surface area contributed by atoms with Crippen molar-refractivity contribution < 1.29 is 9.66 Å². The summed E-state index contributed by atoms with van der Waals surface area (Å²) in [6.07, 6.45) is 0. The molecule has 1 aromatic heterocycles. The van der Waals surface area contributed by atoms with Gasteiger partial charge in [0, 0.05) is 17.5 Å². The Hall–Kier alpha value is -2.15. The lowest BCUT2D eigenvalue weighted by Gasteiger charge is -2.09. The Bertz CT molecular complexity index is 542. The Morgan fingerprint density at radius 3 is 3.00 bits per heavy atom. The van der Waals surface area contributed by atoms with Gasteiger partial charge in [-0.15, -0.1) is 11.3 Å². The van der Waals surface area contributed by atoms with E-state index in [0.717, 1.165) is 5.69 Å². The van der Waals surface area contributed by atoms with Crippen molar-refractivity contribution in [1.82, 2.24) is 4.98 Å². The van der Waals surface area contributed by atoms with E-state index in [2.05, 4.69) is 10.3 Å². The minimum Gasteiger partial charge on any atom is -0.495 e. The molecule has 2 aromatic rings. The Morgan fingerprint density at radius 2 is 2.39 bits per heavy atom. The number of nitrogens with zero attached hydrogens (tertiary/aromatic N) is 2. The van der Waals surface area contributed by atoms with Gasteiger partial charge in [0.25, 0.3) is 5.69 Å².